The van der Waals surface area contributed by atoms with Gasteiger partial charge in [0.05, 0.1) is 5.69 Å². The van der Waals surface area contributed by atoms with Gasteiger partial charge >= 0.3 is 0 Å². The number of hydrazine groups is 1. The second-order valence-electron chi connectivity index (χ2n) is 4.96. The molecule has 0 fully saturated rings. The van der Waals surface area contributed by atoms with E-state index in [1.807, 2.05) is 0 Å². The molecular formula is C12H16N8O2. The Labute approximate surface area is 125 Å². The van der Waals surface area contributed by atoms with Gasteiger partial charge in [-0.15, -0.1) is 5.10 Å². The minimum atomic E-state index is -0.392. The predicted molar refractivity (Wildman–Crippen MR) is 75.5 cm³/mol. The standard InChI is InChI=1S/C12H16N8O2/c1-7-9(12(21)16-15-8-5-3-2-4-6-8)20(19-14-7)11-10(13)17-22-18-11/h5,15H,2-4,6H2,1H3,(H2,13,17)(H,16,21). The number of nitrogens with one attached hydrogen (secondary N) is 2. The summed E-state index contributed by atoms with van der Waals surface area (Å²) in [5.74, 6) is -0.235. The number of nitrogens with zero attached hydrogens (tertiary/aromatic N) is 5. The molecule has 0 unspecified atom stereocenters. The average Bonchev–Trinajstić information content (AvgIpc) is 3.11. The third-order valence-corrected chi connectivity index (χ3v) is 3.38. The fourth-order valence-corrected chi connectivity index (χ4v) is 2.25. The lowest BCUT2D eigenvalue weighted by Gasteiger charge is -2.15. The first kappa shape index (κ1) is 14.0. The van der Waals surface area contributed by atoms with Gasteiger partial charge in [0.1, 0.15) is 0 Å². The molecule has 0 aliphatic heterocycles. The zero-order chi connectivity index (χ0) is 15.5. The summed E-state index contributed by atoms with van der Waals surface area (Å²) < 4.78 is 5.73. The van der Waals surface area contributed by atoms with Crippen LogP contribution in [0, 0.1) is 6.92 Å². The molecule has 0 saturated carbocycles. The molecule has 10 heteroatoms. The molecule has 2 aromatic heterocycles. The highest BCUT2D eigenvalue weighted by molar-refractivity contribution is 5.93. The van der Waals surface area contributed by atoms with Gasteiger partial charge in [-0.2, -0.15) is 4.68 Å². The molecule has 2 aromatic rings. The number of aryl methyl sites for hydroxylation is 1. The van der Waals surface area contributed by atoms with Crippen molar-refractivity contribution < 1.29 is 9.42 Å². The zero-order valence-corrected chi connectivity index (χ0v) is 12.0. The van der Waals surface area contributed by atoms with E-state index >= 15 is 0 Å². The highest BCUT2D eigenvalue weighted by Gasteiger charge is 2.23. The summed E-state index contributed by atoms with van der Waals surface area (Å²) in [6.07, 6.45) is 6.28. The maximum absolute atomic E-state index is 12.4. The van der Waals surface area contributed by atoms with Crippen molar-refractivity contribution in [2.24, 2.45) is 0 Å². The molecule has 1 amide bonds. The van der Waals surface area contributed by atoms with Crippen LogP contribution < -0.4 is 16.6 Å². The van der Waals surface area contributed by atoms with E-state index in [-0.39, 0.29) is 17.3 Å². The molecule has 10 nitrogen and oxygen atoms in total. The van der Waals surface area contributed by atoms with Crippen LogP contribution in [0.3, 0.4) is 0 Å². The van der Waals surface area contributed by atoms with Crippen LogP contribution in [0.1, 0.15) is 41.9 Å². The van der Waals surface area contributed by atoms with Gasteiger partial charge in [0.15, 0.2) is 5.69 Å². The van der Waals surface area contributed by atoms with Gasteiger partial charge in [0.25, 0.3) is 5.91 Å². The van der Waals surface area contributed by atoms with E-state index in [0.29, 0.717) is 5.69 Å². The van der Waals surface area contributed by atoms with Gasteiger partial charge < -0.3 is 11.2 Å². The molecule has 0 radical (unpaired) electrons. The largest absolute Gasteiger partial charge is 0.378 e. The van der Waals surface area contributed by atoms with Crippen molar-refractivity contribution in [1.82, 2.24) is 36.2 Å². The number of aromatic nitrogens is 5. The highest BCUT2D eigenvalue weighted by Crippen LogP contribution is 2.16. The molecule has 116 valence electrons. The van der Waals surface area contributed by atoms with Crippen molar-refractivity contribution in [2.75, 3.05) is 5.73 Å². The average molecular weight is 304 g/mol. The summed E-state index contributed by atoms with van der Waals surface area (Å²) in [4.78, 5) is 12.4. The van der Waals surface area contributed by atoms with Crippen LogP contribution in [0.2, 0.25) is 0 Å². The lowest BCUT2D eigenvalue weighted by Crippen LogP contribution is -2.38. The summed E-state index contributed by atoms with van der Waals surface area (Å²) in [6, 6.07) is 0. The minimum absolute atomic E-state index is 0.0295. The SMILES string of the molecule is Cc1nnn(-c2nonc2N)c1C(=O)NNC1=CCCCC1. The van der Waals surface area contributed by atoms with Gasteiger partial charge in [-0.1, -0.05) is 11.3 Å². The number of carbonyl (C=O) groups is 1. The maximum atomic E-state index is 12.4. The molecule has 0 bridgehead atoms. The van der Waals surface area contributed by atoms with E-state index in [2.05, 4.69) is 42.2 Å². The van der Waals surface area contributed by atoms with Crippen LogP contribution in [0.25, 0.3) is 5.82 Å². The lowest BCUT2D eigenvalue weighted by atomic mass is 10.1. The van der Waals surface area contributed by atoms with Crippen LogP contribution in [-0.2, 0) is 0 Å². The van der Waals surface area contributed by atoms with Crippen LogP contribution in [0.4, 0.5) is 5.82 Å². The molecule has 1 aliphatic carbocycles. The number of nitrogen functional groups attached to an aromatic ring is 1. The first-order valence-electron chi connectivity index (χ1n) is 6.93. The number of allylic oxidation sites excluding steroid dienone is 2. The minimum Gasteiger partial charge on any atom is -0.378 e. The van der Waals surface area contributed by atoms with E-state index in [4.69, 9.17) is 5.73 Å². The summed E-state index contributed by atoms with van der Waals surface area (Å²) >= 11 is 0. The fourth-order valence-electron chi connectivity index (χ4n) is 2.25. The monoisotopic (exact) mass is 304 g/mol. The predicted octanol–water partition coefficient (Wildman–Crippen LogP) is 0.233. The molecule has 0 spiro atoms. The van der Waals surface area contributed by atoms with Gasteiger partial charge in [-0.3, -0.25) is 10.2 Å². The van der Waals surface area contributed by atoms with Gasteiger partial charge in [-0.25, -0.2) is 4.63 Å². The third-order valence-electron chi connectivity index (χ3n) is 3.38. The van der Waals surface area contributed by atoms with Crippen molar-refractivity contribution in [3.05, 3.63) is 23.2 Å². The van der Waals surface area contributed by atoms with Gasteiger partial charge in [-0.05, 0) is 42.9 Å². The maximum Gasteiger partial charge on any atom is 0.290 e. The summed E-state index contributed by atoms with van der Waals surface area (Å²) in [6.45, 7) is 1.67. The first-order chi connectivity index (χ1) is 10.7. The molecule has 1 aliphatic rings. The summed E-state index contributed by atoms with van der Waals surface area (Å²) in [5.41, 5.74) is 12.9. The normalized spacial score (nSPS) is 14.5. The fraction of sp³-hybridized carbons (Fsp3) is 0.417. The quantitative estimate of drug-likeness (QED) is 0.683. The van der Waals surface area contributed by atoms with Crippen LogP contribution in [0.15, 0.2) is 16.4 Å². The lowest BCUT2D eigenvalue weighted by molar-refractivity contribution is 0.0929. The number of carbonyl (C=O) groups excluding carboxylic acids is 1. The Hall–Kier alpha value is -2.91. The molecule has 22 heavy (non-hydrogen) atoms. The Kier molecular flexibility index (Phi) is 3.73. The van der Waals surface area contributed by atoms with Crippen LogP contribution in [0.5, 0.6) is 0 Å². The summed E-state index contributed by atoms with van der Waals surface area (Å²) in [7, 11) is 0. The van der Waals surface area contributed by atoms with Crippen LogP contribution in [-0.4, -0.2) is 31.2 Å². The topological polar surface area (TPSA) is 137 Å². The smallest absolute Gasteiger partial charge is 0.290 e. The highest BCUT2D eigenvalue weighted by atomic mass is 16.6. The zero-order valence-electron chi connectivity index (χ0n) is 12.0. The van der Waals surface area contributed by atoms with E-state index in [1.165, 1.54) is 11.1 Å². The molecule has 4 N–H and O–H groups in total. The molecule has 0 saturated heterocycles. The molecule has 0 atom stereocenters. The Balaban J connectivity index is 1.79. The van der Waals surface area contributed by atoms with Crippen molar-refractivity contribution in [2.45, 2.75) is 32.6 Å². The number of rotatable bonds is 4. The number of hydrogen-bond acceptors (Lipinski definition) is 8. The van der Waals surface area contributed by atoms with Gasteiger partial charge in [0.2, 0.25) is 11.6 Å². The van der Waals surface area contributed by atoms with Gasteiger partial charge in [0, 0.05) is 5.70 Å². The number of hydrogen-bond donors (Lipinski definition) is 3. The third kappa shape index (κ3) is 2.62. The van der Waals surface area contributed by atoms with E-state index in [0.717, 1.165) is 25.0 Å². The van der Waals surface area contributed by atoms with Crippen molar-refractivity contribution >= 4 is 11.7 Å². The Bertz CT molecular complexity index is 717. The summed E-state index contributed by atoms with van der Waals surface area (Å²) in [5, 5.41) is 14.8. The number of amides is 1. The van der Waals surface area contributed by atoms with E-state index in [9.17, 15) is 4.79 Å². The Morgan fingerprint density at radius 1 is 1.41 bits per heavy atom. The number of anilines is 1. The van der Waals surface area contributed by atoms with Crippen molar-refractivity contribution in [3.8, 4) is 5.82 Å². The molecular weight excluding hydrogens is 288 g/mol. The van der Waals surface area contributed by atoms with Crippen molar-refractivity contribution in [1.29, 1.82) is 0 Å². The first-order valence-corrected chi connectivity index (χ1v) is 6.93. The second kappa shape index (κ2) is 5.84. The second-order valence-corrected chi connectivity index (χ2v) is 4.96. The van der Waals surface area contributed by atoms with E-state index < -0.39 is 5.91 Å². The van der Waals surface area contributed by atoms with Crippen molar-refractivity contribution in [3.63, 3.8) is 0 Å². The Morgan fingerprint density at radius 2 is 2.27 bits per heavy atom. The molecule has 0 aromatic carbocycles. The van der Waals surface area contributed by atoms with E-state index in [1.54, 1.807) is 6.92 Å². The molecule has 3 rings (SSSR count). The van der Waals surface area contributed by atoms with Crippen LogP contribution >= 0.6 is 0 Å². The number of nitrogens with two attached hydrogens (primary N) is 1. The Morgan fingerprint density at radius 3 is 2.95 bits per heavy atom. The molecule has 2 heterocycles.